The number of halogens is 4. The van der Waals surface area contributed by atoms with Gasteiger partial charge in [0.1, 0.15) is 5.69 Å². The molecule has 3 nitrogen and oxygen atoms in total. The van der Waals surface area contributed by atoms with E-state index >= 15 is 0 Å². The number of benzene rings is 1. The minimum absolute atomic E-state index is 0.292. The summed E-state index contributed by atoms with van der Waals surface area (Å²) < 4.78 is 38.9. The minimum Gasteiger partial charge on any atom is -0.220 e. The van der Waals surface area contributed by atoms with E-state index in [1.165, 1.54) is 23.0 Å². The first-order valence-corrected chi connectivity index (χ1v) is 5.55. The third kappa shape index (κ3) is 2.64. The Morgan fingerprint density at radius 1 is 1.33 bits per heavy atom. The lowest BCUT2D eigenvalue weighted by Crippen LogP contribution is -2.06. The normalized spacial score (nSPS) is 13.6. The standard InChI is InChI=1S/C11H9ClF3N3/c1-7(12)10-6-18(17-16-10)9-4-2-3-8(5-9)11(13,14)15/h2-7H,1H3. The zero-order valence-electron chi connectivity index (χ0n) is 9.32. The van der Waals surface area contributed by atoms with E-state index in [2.05, 4.69) is 10.3 Å². The molecule has 1 aromatic carbocycles. The molecule has 0 saturated carbocycles. The molecule has 18 heavy (non-hydrogen) atoms. The summed E-state index contributed by atoms with van der Waals surface area (Å²) >= 11 is 5.81. The van der Waals surface area contributed by atoms with Gasteiger partial charge in [0.15, 0.2) is 0 Å². The Balaban J connectivity index is 2.38. The van der Waals surface area contributed by atoms with Gasteiger partial charge in [0, 0.05) is 0 Å². The van der Waals surface area contributed by atoms with Crippen molar-refractivity contribution in [2.24, 2.45) is 0 Å². The van der Waals surface area contributed by atoms with Crippen molar-refractivity contribution in [3.8, 4) is 5.69 Å². The van der Waals surface area contributed by atoms with Crippen LogP contribution < -0.4 is 0 Å². The van der Waals surface area contributed by atoms with Gasteiger partial charge < -0.3 is 0 Å². The minimum atomic E-state index is -4.38. The predicted octanol–water partition coefficient (Wildman–Crippen LogP) is 3.59. The second-order valence-corrected chi connectivity index (χ2v) is 4.41. The van der Waals surface area contributed by atoms with E-state index in [4.69, 9.17) is 11.6 Å². The van der Waals surface area contributed by atoms with E-state index < -0.39 is 11.7 Å². The van der Waals surface area contributed by atoms with Gasteiger partial charge >= 0.3 is 6.18 Å². The average Bonchev–Trinajstić information content (AvgIpc) is 2.77. The van der Waals surface area contributed by atoms with E-state index in [9.17, 15) is 13.2 Å². The second-order valence-electron chi connectivity index (χ2n) is 3.75. The fraction of sp³-hybridized carbons (Fsp3) is 0.273. The van der Waals surface area contributed by atoms with Crippen molar-refractivity contribution in [3.05, 3.63) is 41.7 Å². The summed E-state index contributed by atoms with van der Waals surface area (Å²) in [4.78, 5) is 0. The Morgan fingerprint density at radius 3 is 2.61 bits per heavy atom. The van der Waals surface area contributed by atoms with E-state index in [1.54, 1.807) is 6.92 Å². The number of aromatic nitrogens is 3. The molecule has 0 radical (unpaired) electrons. The van der Waals surface area contributed by atoms with Crippen molar-refractivity contribution >= 4 is 11.6 Å². The Kier molecular flexibility index (Phi) is 3.30. The zero-order chi connectivity index (χ0) is 13.3. The van der Waals surface area contributed by atoms with Crippen LogP contribution in [0, 0.1) is 0 Å². The van der Waals surface area contributed by atoms with Crippen molar-refractivity contribution in [2.45, 2.75) is 18.5 Å². The molecule has 1 atom stereocenters. The lowest BCUT2D eigenvalue weighted by molar-refractivity contribution is -0.137. The van der Waals surface area contributed by atoms with Gasteiger partial charge in [-0.25, -0.2) is 4.68 Å². The summed E-state index contributed by atoms with van der Waals surface area (Å²) in [6, 6.07) is 4.86. The average molecular weight is 276 g/mol. The quantitative estimate of drug-likeness (QED) is 0.784. The Labute approximate surface area is 106 Å². The van der Waals surface area contributed by atoms with Crippen LogP contribution >= 0.6 is 11.6 Å². The first kappa shape index (κ1) is 12.9. The van der Waals surface area contributed by atoms with Crippen molar-refractivity contribution in [1.29, 1.82) is 0 Å². The number of nitrogens with zero attached hydrogens (tertiary/aromatic N) is 3. The molecular formula is C11H9ClF3N3. The molecule has 0 spiro atoms. The van der Waals surface area contributed by atoms with E-state index in [0.29, 0.717) is 11.4 Å². The van der Waals surface area contributed by atoms with Gasteiger partial charge in [-0.05, 0) is 25.1 Å². The fourth-order valence-electron chi connectivity index (χ4n) is 1.41. The van der Waals surface area contributed by atoms with Crippen LogP contribution in [0.5, 0.6) is 0 Å². The van der Waals surface area contributed by atoms with Gasteiger partial charge in [-0.15, -0.1) is 16.7 Å². The molecule has 0 bridgehead atoms. The van der Waals surface area contributed by atoms with Crippen LogP contribution in [0.1, 0.15) is 23.6 Å². The van der Waals surface area contributed by atoms with Crippen LogP contribution in [0.2, 0.25) is 0 Å². The van der Waals surface area contributed by atoms with Crippen LogP contribution in [0.3, 0.4) is 0 Å². The zero-order valence-corrected chi connectivity index (χ0v) is 10.1. The summed E-state index contributed by atoms with van der Waals surface area (Å²) in [6.07, 6.45) is -2.87. The number of hydrogen-bond donors (Lipinski definition) is 0. The second kappa shape index (κ2) is 4.61. The molecule has 0 fully saturated rings. The summed E-state index contributed by atoms with van der Waals surface area (Å²) in [6.45, 7) is 1.71. The Hall–Kier alpha value is -1.56. The van der Waals surface area contributed by atoms with Gasteiger partial charge in [0.25, 0.3) is 0 Å². The first-order valence-electron chi connectivity index (χ1n) is 5.12. The predicted molar refractivity (Wildman–Crippen MR) is 60.6 cm³/mol. The molecule has 96 valence electrons. The van der Waals surface area contributed by atoms with Crippen LogP contribution in [-0.2, 0) is 6.18 Å². The van der Waals surface area contributed by atoms with Crippen molar-refractivity contribution in [1.82, 2.24) is 15.0 Å². The van der Waals surface area contributed by atoms with Crippen molar-refractivity contribution in [2.75, 3.05) is 0 Å². The highest BCUT2D eigenvalue weighted by Gasteiger charge is 2.30. The molecule has 1 heterocycles. The van der Waals surface area contributed by atoms with Crippen molar-refractivity contribution in [3.63, 3.8) is 0 Å². The van der Waals surface area contributed by atoms with Crippen LogP contribution in [0.15, 0.2) is 30.5 Å². The number of rotatable bonds is 2. The molecule has 0 aliphatic carbocycles. The third-order valence-corrected chi connectivity index (χ3v) is 2.58. The van der Waals surface area contributed by atoms with Gasteiger partial charge in [-0.2, -0.15) is 13.2 Å². The van der Waals surface area contributed by atoms with E-state index in [-0.39, 0.29) is 5.38 Å². The van der Waals surface area contributed by atoms with Crippen LogP contribution in [0.25, 0.3) is 5.69 Å². The van der Waals surface area contributed by atoms with Crippen molar-refractivity contribution < 1.29 is 13.2 Å². The topological polar surface area (TPSA) is 30.7 Å². The van der Waals surface area contributed by atoms with Gasteiger partial charge in [-0.1, -0.05) is 11.3 Å². The summed E-state index contributed by atoms with van der Waals surface area (Å²) in [5, 5.41) is 7.19. The van der Waals surface area contributed by atoms with Crippen LogP contribution in [-0.4, -0.2) is 15.0 Å². The maximum Gasteiger partial charge on any atom is 0.416 e. The molecule has 7 heteroatoms. The fourth-order valence-corrected chi connectivity index (χ4v) is 1.51. The maximum atomic E-state index is 12.6. The first-order chi connectivity index (χ1) is 8.38. The largest absolute Gasteiger partial charge is 0.416 e. The lowest BCUT2D eigenvalue weighted by Gasteiger charge is -2.08. The Morgan fingerprint density at radius 2 is 2.06 bits per heavy atom. The summed E-state index contributed by atoms with van der Waals surface area (Å²) in [5.74, 6) is 0. The highest BCUT2D eigenvalue weighted by atomic mass is 35.5. The highest BCUT2D eigenvalue weighted by Crippen LogP contribution is 2.30. The SMILES string of the molecule is CC(Cl)c1cn(-c2cccc(C(F)(F)F)c2)nn1. The third-order valence-electron chi connectivity index (χ3n) is 2.36. The molecular weight excluding hydrogens is 267 g/mol. The molecule has 1 unspecified atom stereocenters. The smallest absolute Gasteiger partial charge is 0.220 e. The molecule has 0 aliphatic rings. The molecule has 0 saturated heterocycles. The summed E-state index contributed by atoms with van der Waals surface area (Å²) in [5.41, 5.74) is 0.0749. The van der Waals surface area contributed by atoms with Gasteiger partial charge in [0.05, 0.1) is 22.8 Å². The molecule has 2 rings (SSSR count). The number of hydrogen-bond acceptors (Lipinski definition) is 2. The van der Waals surface area contributed by atoms with Gasteiger partial charge in [-0.3, -0.25) is 0 Å². The number of alkyl halides is 4. The molecule has 0 amide bonds. The maximum absolute atomic E-state index is 12.6. The highest BCUT2D eigenvalue weighted by molar-refractivity contribution is 6.20. The monoisotopic (exact) mass is 275 g/mol. The molecule has 0 aliphatic heterocycles. The van der Waals surface area contributed by atoms with Gasteiger partial charge in [0.2, 0.25) is 0 Å². The molecule has 0 N–H and O–H groups in total. The summed E-state index contributed by atoms with van der Waals surface area (Å²) in [7, 11) is 0. The molecule has 2 aromatic rings. The van der Waals surface area contributed by atoms with E-state index in [0.717, 1.165) is 12.1 Å². The Bertz CT molecular complexity index is 548. The molecule has 1 aromatic heterocycles. The van der Waals surface area contributed by atoms with Crippen LogP contribution in [0.4, 0.5) is 13.2 Å². The lowest BCUT2D eigenvalue weighted by atomic mass is 10.2. The van der Waals surface area contributed by atoms with E-state index in [1.807, 2.05) is 0 Å².